The smallest absolute Gasteiger partial charge is 0.0598 e. The molecule has 1 aliphatic heterocycles. The Bertz CT molecular complexity index is 446. The molecule has 1 saturated heterocycles. The van der Waals surface area contributed by atoms with Crippen molar-refractivity contribution in [3.8, 4) is 0 Å². The number of nitrogens with zero attached hydrogens (tertiary/aromatic N) is 2. The molecule has 2 rings (SSSR count). The van der Waals surface area contributed by atoms with Crippen molar-refractivity contribution >= 4 is 5.69 Å². The van der Waals surface area contributed by atoms with Crippen molar-refractivity contribution in [3.05, 3.63) is 24.0 Å². The highest BCUT2D eigenvalue weighted by Gasteiger charge is 2.27. The molecule has 0 atom stereocenters. The zero-order valence-corrected chi connectivity index (χ0v) is 13.7. The third-order valence-electron chi connectivity index (χ3n) is 3.94. The van der Waals surface area contributed by atoms with Crippen LogP contribution in [0.4, 0.5) is 5.69 Å². The van der Waals surface area contributed by atoms with Gasteiger partial charge in [-0.3, -0.25) is 4.98 Å². The van der Waals surface area contributed by atoms with Gasteiger partial charge in [0.25, 0.3) is 0 Å². The summed E-state index contributed by atoms with van der Waals surface area (Å²) in [4.78, 5) is 6.85. The molecular formula is C17H29N3. The summed E-state index contributed by atoms with van der Waals surface area (Å²) in [7, 11) is 0. The minimum atomic E-state index is 0.141. The van der Waals surface area contributed by atoms with Crippen LogP contribution in [0.5, 0.6) is 0 Å². The van der Waals surface area contributed by atoms with E-state index in [0.29, 0.717) is 5.41 Å². The monoisotopic (exact) mass is 275 g/mol. The quantitative estimate of drug-likeness (QED) is 0.913. The van der Waals surface area contributed by atoms with Crippen LogP contribution in [0.1, 0.15) is 53.0 Å². The molecule has 3 nitrogen and oxygen atoms in total. The molecule has 0 radical (unpaired) electrons. The molecule has 2 heterocycles. The van der Waals surface area contributed by atoms with Gasteiger partial charge >= 0.3 is 0 Å². The van der Waals surface area contributed by atoms with Crippen LogP contribution in [0.2, 0.25) is 0 Å². The Balaban J connectivity index is 2.15. The predicted octanol–water partition coefficient (Wildman–Crippen LogP) is 3.60. The topological polar surface area (TPSA) is 28.2 Å². The lowest BCUT2D eigenvalue weighted by Crippen LogP contribution is -2.41. The maximum Gasteiger partial charge on any atom is 0.0598 e. The molecule has 1 fully saturated rings. The number of hydrogen-bond donors (Lipinski definition) is 1. The highest BCUT2D eigenvalue weighted by molar-refractivity contribution is 5.52. The van der Waals surface area contributed by atoms with Crippen LogP contribution in [0, 0.1) is 5.41 Å². The summed E-state index contributed by atoms with van der Waals surface area (Å²) in [5.74, 6) is 0. The first-order valence-electron chi connectivity index (χ1n) is 7.70. The van der Waals surface area contributed by atoms with Crippen LogP contribution >= 0.6 is 0 Å². The largest absolute Gasteiger partial charge is 0.369 e. The third-order valence-corrected chi connectivity index (χ3v) is 3.94. The van der Waals surface area contributed by atoms with E-state index in [2.05, 4.69) is 55.9 Å². The fourth-order valence-corrected chi connectivity index (χ4v) is 2.84. The standard InChI is InChI=1S/C17H29N3/c1-16(2,3)19-11-14-7-9-18-12-15(14)20-10-6-8-17(4,5)13-20/h7,9,12,19H,6,8,10-11,13H2,1-5H3. The van der Waals surface area contributed by atoms with Crippen LogP contribution in [0.3, 0.4) is 0 Å². The van der Waals surface area contributed by atoms with Crippen molar-refractivity contribution in [2.45, 2.75) is 59.5 Å². The first-order valence-corrected chi connectivity index (χ1v) is 7.70. The van der Waals surface area contributed by atoms with Gasteiger partial charge in [-0.25, -0.2) is 0 Å². The average Bonchev–Trinajstić information content (AvgIpc) is 2.34. The number of nitrogens with one attached hydrogen (secondary N) is 1. The minimum absolute atomic E-state index is 0.141. The molecule has 0 saturated carbocycles. The molecule has 0 aromatic carbocycles. The lowest BCUT2D eigenvalue weighted by molar-refractivity contribution is 0.292. The molecule has 1 aromatic rings. The van der Waals surface area contributed by atoms with Gasteiger partial charge in [0.05, 0.1) is 11.9 Å². The highest BCUT2D eigenvalue weighted by Crippen LogP contribution is 2.32. The summed E-state index contributed by atoms with van der Waals surface area (Å²) in [5.41, 5.74) is 3.20. The molecular weight excluding hydrogens is 246 g/mol. The van der Waals surface area contributed by atoms with E-state index in [0.717, 1.165) is 19.6 Å². The van der Waals surface area contributed by atoms with Crippen LogP contribution < -0.4 is 10.2 Å². The SMILES string of the molecule is CC1(C)CCCN(c2cnccc2CNC(C)(C)C)C1. The molecule has 0 amide bonds. The predicted molar refractivity (Wildman–Crippen MR) is 86.1 cm³/mol. The molecule has 1 aromatic heterocycles. The molecule has 20 heavy (non-hydrogen) atoms. The molecule has 1 aliphatic rings. The number of anilines is 1. The van der Waals surface area contributed by atoms with Crippen molar-refractivity contribution in [1.29, 1.82) is 0 Å². The molecule has 3 heteroatoms. The summed E-state index contributed by atoms with van der Waals surface area (Å²) in [6.07, 6.45) is 6.52. The molecule has 0 aliphatic carbocycles. The Labute approximate surface area is 123 Å². The Hall–Kier alpha value is -1.09. The maximum atomic E-state index is 4.34. The third kappa shape index (κ3) is 4.20. The van der Waals surface area contributed by atoms with Crippen LogP contribution in [-0.4, -0.2) is 23.6 Å². The Morgan fingerprint density at radius 3 is 2.75 bits per heavy atom. The molecule has 0 bridgehead atoms. The van der Waals surface area contributed by atoms with Gasteiger partial charge in [-0.2, -0.15) is 0 Å². The first-order chi connectivity index (χ1) is 9.27. The first kappa shape index (κ1) is 15.3. The summed E-state index contributed by atoms with van der Waals surface area (Å²) in [6.45, 7) is 14.5. The highest BCUT2D eigenvalue weighted by atomic mass is 15.2. The second kappa shape index (κ2) is 5.72. The Kier molecular flexibility index (Phi) is 4.38. The Morgan fingerprint density at radius 2 is 2.10 bits per heavy atom. The van der Waals surface area contributed by atoms with E-state index in [-0.39, 0.29) is 5.54 Å². The average molecular weight is 275 g/mol. The second-order valence-electron chi connectivity index (χ2n) is 7.80. The lowest BCUT2D eigenvalue weighted by Gasteiger charge is -2.40. The van der Waals surface area contributed by atoms with Gasteiger partial charge in [0.2, 0.25) is 0 Å². The zero-order valence-electron chi connectivity index (χ0n) is 13.7. The summed E-state index contributed by atoms with van der Waals surface area (Å²) in [5, 5.41) is 3.58. The van der Waals surface area contributed by atoms with Crippen molar-refractivity contribution in [2.75, 3.05) is 18.0 Å². The number of rotatable bonds is 3. The number of aromatic nitrogens is 1. The molecule has 0 spiro atoms. The van der Waals surface area contributed by atoms with Gasteiger partial charge in [-0.15, -0.1) is 0 Å². The molecule has 1 N–H and O–H groups in total. The van der Waals surface area contributed by atoms with Crippen molar-refractivity contribution in [1.82, 2.24) is 10.3 Å². The van der Waals surface area contributed by atoms with Gasteiger partial charge in [0.1, 0.15) is 0 Å². The van der Waals surface area contributed by atoms with E-state index in [1.165, 1.54) is 24.1 Å². The fraction of sp³-hybridized carbons (Fsp3) is 0.706. The zero-order chi connectivity index (χ0) is 14.8. The van der Waals surface area contributed by atoms with Gasteiger partial charge in [0, 0.05) is 31.4 Å². The van der Waals surface area contributed by atoms with Crippen molar-refractivity contribution in [3.63, 3.8) is 0 Å². The van der Waals surface area contributed by atoms with Crippen LogP contribution in [-0.2, 0) is 6.54 Å². The van der Waals surface area contributed by atoms with Gasteiger partial charge in [-0.05, 0) is 50.7 Å². The molecule has 0 unspecified atom stereocenters. The van der Waals surface area contributed by atoms with E-state index in [4.69, 9.17) is 0 Å². The number of pyridine rings is 1. The lowest BCUT2D eigenvalue weighted by atomic mass is 9.84. The fourth-order valence-electron chi connectivity index (χ4n) is 2.84. The summed E-state index contributed by atoms with van der Waals surface area (Å²) >= 11 is 0. The van der Waals surface area contributed by atoms with E-state index in [9.17, 15) is 0 Å². The molecule has 112 valence electrons. The van der Waals surface area contributed by atoms with Crippen molar-refractivity contribution in [2.24, 2.45) is 5.41 Å². The van der Waals surface area contributed by atoms with E-state index in [1.54, 1.807) is 0 Å². The number of piperidine rings is 1. The van der Waals surface area contributed by atoms with Gasteiger partial charge in [0.15, 0.2) is 0 Å². The van der Waals surface area contributed by atoms with E-state index >= 15 is 0 Å². The summed E-state index contributed by atoms with van der Waals surface area (Å²) < 4.78 is 0. The Morgan fingerprint density at radius 1 is 1.35 bits per heavy atom. The van der Waals surface area contributed by atoms with Gasteiger partial charge < -0.3 is 10.2 Å². The minimum Gasteiger partial charge on any atom is -0.369 e. The van der Waals surface area contributed by atoms with Crippen LogP contribution in [0.15, 0.2) is 18.5 Å². The normalized spacial score (nSPS) is 19.1. The van der Waals surface area contributed by atoms with Crippen LogP contribution in [0.25, 0.3) is 0 Å². The van der Waals surface area contributed by atoms with E-state index in [1.807, 2.05) is 12.4 Å². The van der Waals surface area contributed by atoms with E-state index < -0.39 is 0 Å². The summed E-state index contributed by atoms with van der Waals surface area (Å²) in [6, 6.07) is 2.15. The van der Waals surface area contributed by atoms with Crippen molar-refractivity contribution < 1.29 is 0 Å². The number of hydrogen-bond acceptors (Lipinski definition) is 3. The second-order valence-corrected chi connectivity index (χ2v) is 7.80. The van der Waals surface area contributed by atoms with Gasteiger partial charge in [-0.1, -0.05) is 13.8 Å². The maximum absolute atomic E-state index is 4.34.